The van der Waals surface area contributed by atoms with Gasteiger partial charge in [-0.2, -0.15) is 0 Å². The maximum Gasteiger partial charge on any atom is 0.266 e. The number of hydrogen-bond acceptors (Lipinski definition) is 5. The van der Waals surface area contributed by atoms with Gasteiger partial charge < -0.3 is 15.5 Å². The molecule has 10 heteroatoms. The van der Waals surface area contributed by atoms with Gasteiger partial charge in [0.1, 0.15) is 11.6 Å². The van der Waals surface area contributed by atoms with Crippen molar-refractivity contribution in [3.63, 3.8) is 0 Å². The van der Waals surface area contributed by atoms with Gasteiger partial charge in [-0.05, 0) is 62.1 Å². The molecule has 41 heavy (non-hydrogen) atoms. The van der Waals surface area contributed by atoms with Gasteiger partial charge in [0, 0.05) is 43.2 Å². The van der Waals surface area contributed by atoms with Crippen molar-refractivity contribution in [3.8, 4) is 0 Å². The number of aromatic nitrogens is 2. The maximum absolute atomic E-state index is 14.8. The van der Waals surface area contributed by atoms with E-state index < -0.39 is 23.8 Å². The first kappa shape index (κ1) is 29.3. The third-order valence-electron chi connectivity index (χ3n) is 8.09. The molecular formula is C31H35ClF3N5O. The van der Waals surface area contributed by atoms with E-state index in [2.05, 4.69) is 51.0 Å². The van der Waals surface area contributed by atoms with Crippen molar-refractivity contribution in [1.82, 2.24) is 20.2 Å². The molecule has 2 aliphatic carbocycles. The number of hydrogen-bond donors (Lipinski definition) is 2. The van der Waals surface area contributed by atoms with Gasteiger partial charge in [-0.3, -0.25) is 4.79 Å². The quantitative estimate of drug-likeness (QED) is 0.346. The van der Waals surface area contributed by atoms with Crippen LogP contribution in [-0.2, 0) is 17.6 Å². The summed E-state index contributed by atoms with van der Waals surface area (Å²) >= 11 is 6.21. The van der Waals surface area contributed by atoms with Crippen LogP contribution in [0.5, 0.6) is 0 Å². The van der Waals surface area contributed by atoms with Gasteiger partial charge in [-0.25, -0.2) is 23.1 Å². The Morgan fingerprint density at radius 1 is 1.20 bits per heavy atom. The number of anilines is 1. The SMILES string of the molecule is C[C@@H](Nc1nc(Cl)nc2c1CC(CCC(=O)N1CCNC(C3=C/C=C\CC/C=C\3)C1)C2)c1cccc(C(F)F)c1F. The molecule has 3 aliphatic rings. The summed E-state index contributed by atoms with van der Waals surface area (Å²) < 4.78 is 41.2. The Hall–Kier alpha value is -3.17. The van der Waals surface area contributed by atoms with Crippen LogP contribution in [0.4, 0.5) is 19.0 Å². The summed E-state index contributed by atoms with van der Waals surface area (Å²) in [5.41, 5.74) is 2.37. The van der Waals surface area contributed by atoms with Crippen molar-refractivity contribution < 1.29 is 18.0 Å². The van der Waals surface area contributed by atoms with E-state index >= 15 is 0 Å². The molecule has 1 fully saturated rings. The Kier molecular flexibility index (Phi) is 9.45. The monoisotopic (exact) mass is 585 g/mol. The summed E-state index contributed by atoms with van der Waals surface area (Å²) in [6.45, 7) is 3.77. The fourth-order valence-electron chi connectivity index (χ4n) is 5.86. The second-order valence-electron chi connectivity index (χ2n) is 10.9. The lowest BCUT2D eigenvalue weighted by molar-refractivity contribution is -0.132. The minimum Gasteiger partial charge on any atom is -0.363 e. The smallest absolute Gasteiger partial charge is 0.266 e. The number of nitrogens with one attached hydrogen (secondary N) is 2. The van der Waals surface area contributed by atoms with Crippen molar-refractivity contribution in [2.75, 3.05) is 25.0 Å². The summed E-state index contributed by atoms with van der Waals surface area (Å²) in [6.07, 6.45) is 12.3. The predicted octanol–water partition coefficient (Wildman–Crippen LogP) is 6.51. The van der Waals surface area contributed by atoms with Gasteiger partial charge in [0.2, 0.25) is 11.2 Å². The molecule has 2 N–H and O–H groups in total. The molecule has 1 saturated heterocycles. The molecule has 3 atom stereocenters. The van der Waals surface area contributed by atoms with Gasteiger partial charge in [-0.15, -0.1) is 0 Å². The molecule has 2 aromatic rings. The number of rotatable bonds is 8. The Morgan fingerprint density at radius 3 is 2.83 bits per heavy atom. The zero-order chi connectivity index (χ0) is 28.9. The van der Waals surface area contributed by atoms with Crippen LogP contribution in [-0.4, -0.2) is 46.5 Å². The normalized spacial score (nSPS) is 24.1. The average molecular weight is 586 g/mol. The van der Waals surface area contributed by atoms with Crippen LogP contribution in [0.25, 0.3) is 0 Å². The van der Waals surface area contributed by atoms with E-state index in [-0.39, 0.29) is 28.7 Å². The van der Waals surface area contributed by atoms with Crippen LogP contribution in [0, 0.1) is 11.7 Å². The second-order valence-corrected chi connectivity index (χ2v) is 11.3. The highest BCUT2D eigenvalue weighted by molar-refractivity contribution is 6.28. The van der Waals surface area contributed by atoms with Crippen molar-refractivity contribution in [1.29, 1.82) is 0 Å². The van der Waals surface area contributed by atoms with Crippen LogP contribution in [0.1, 0.15) is 67.5 Å². The van der Waals surface area contributed by atoms with Gasteiger partial charge >= 0.3 is 0 Å². The maximum atomic E-state index is 14.8. The number of amides is 1. The number of carbonyl (C=O) groups excluding carboxylic acids is 1. The lowest BCUT2D eigenvalue weighted by Crippen LogP contribution is -2.53. The van der Waals surface area contributed by atoms with Gasteiger partial charge in [0.05, 0.1) is 17.3 Å². The van der Waals surface area contributed by atoms with E-state index in [4.69, 9.17) is 11.6 Å². The van der Waals surface area contributed by atoms with E-state index in [0.29, 0.717) is 44.6 Å². The van der Waals surface area contributed by atoms with Gasteiger partial charge in [-0.1, -0.05) is 48.6 Å². The summed E-state index contributed by atoms with van der Waals surface area (Å²) in [4.78, 5) is 23.9. The van der Waals surface area contributed by atoms with Crippen LogP contribution in [0.15, 0.2) is 54.2 Å². The molecule has 6 nitrogen and oxygen atoms in total. The summed E-state index contributed by atoms with van der Waals surface area (Å²) in [5.74, 6) is -0.118. The second kappa shape index (κ2) is 13.2. The fraction of sp³-hybridized carbons (Fsp3) is 0.452. The molecule has 5 rings (SSSR count). The molecule has 1 aliphatic heterocycles. The number of alkyl halides is 2. The van der Waals surface area contributed by atoms with Crippen LogP contribution >= 0.6 is 11.6 Å². The number of nitrogens with zero attached hydrogens (tertiary/aromatic N) is 3. The molecule has 0 bridgehead atoms. The standard InChI is InChI=1S/C31H35ClF3N5O/c1-19(22-10-7-11-23(28(22)33)29(34)35)37-30-24-16-20(17-25(24)38-31(32)39-30)12-13-27(41)40-15-14-36-26(18-40)21-8-5-3-2-4-6-9-21/h3,5-11,19-20,26,29,36H,2,4,12-18H2,1H3,(H,37,38,39)/b5-3-,9-6-,21-8+/t19-,20?,26?/m1/s1. The number of fused-ring (bicyclic) bond motifs is 1. The van der Waals surface area contributed by atoms with E-state index in [1.165, 1.54) is 17.7 Å². The summed E-state index contributed by atoms with van der Waals surface area (Å²) in [7, 11) is 0. The Labute approximate surface area is 243 Å². The van der Waals surface area contributed by atoms with E-state index in [0.717, 1.165) is 36.7 Å². The molecule has 1 aromatic carbocycles. The largest absolute Gasteiger partial charge is 0.363 e. The third kappa shape index (κ3) is 7.01. The highest BCUT2D eigenvalue weighted by Crippen LogP contribution is 2.36. The number of carbonyl (C=O) groups is 1. The lowest BCUT2D eigenvalue weighted by atomic mass is 9.98. The Balaban J connectivity index is 1.20. The first-order valence-corrected chi connectivity index (χ1v) is 14.6. The first-order chi connectivity index (χ1) is 19.8. The lowest BCUT2D eigenvalue weighted by Gasteiger charge is -2.34. The third-order valence-corrected chi connectivity index (χ3v) is 8.25. The highest BCUT2D eigenvalue weighted by Gasteiger charge is 2.30. The van der Waals surface area contributed by atoms with E-state index in [1.54, 1.807) is 6.92 Å². The minimum absolute atomic E-state index is 0.0660. The molecule has 2 heterocycles. The minimum atomic E-state index is -2.90. The number of piperazine rings is 1. The van der Waals surface area contributed by atoms with Gasteiger partial charge in [0.25, 0.3) is 6.43 Å². The number of benzene rings is 1. The fourth-order valence-corrected chi connectivity index (χ4v) is 6.04. The molecule has 0 spiro atoms. The van der Waals surface area contributed by atoms with Crippen molar-refractivity contribution >= 4 is 23.3 Å². The average Bonchev–Trinajstić information content (AvgIpc) is 3.34. The molecular weight excluding hydrogens is 551 g/mol. The zero-order valence-corrected chi connectivity index (χ0v) is 23.8. The van der Waals surface area contributed by atoms with Crippen molar-refractivity contribution in [3.05, 3.63) is 87.6 Å². The topological polar surface area (TPSA) is 70.2 Å². The van der Waals surface area contributed by atoms with Crippen LogP contribution < -0.4 is 10.6 Å². The Morgan fingerprint density at radius 2 is 2.00 bits per heavy atom. The molecule has 1 aromatic heterocycles. The number of allylic oxidation sites excluding steroid dienone is 4. The predicted molar refractivity (Wildman–Crippen MR) is 155 cm³/mol. The summed E-state index contributed by atoms with van der Waals surface area (Å²) in [6, 6.07) is 3.49. The van der Waals surface area contributed by atoms with Crippen LogP contribution in [0.2, 0.25) is 5.28 Å². The van der Waals surface area contributed by atoms with Gasteiger partial charge in [0.15, 0.2) is 0 Å². The van der Waals surface area contributed by atoms with E-state index in [9.17, 15) is 18.0 Å². The molecule has 0 saturated carbocycles. The van der Waals surface area contributed by atoms with E-state index in [1.807, 2.05) is 4.90 Å². The zero-order valence-electron chi connectivity index (χ0n) is 23.1. The molecule has 0 radical (unpaired) electrons. The van der Waals surface area contributed by atoms with Crippen molar-refractivity contribution in [2.24, 2.45) is 5.92 Å². The molecule has 2 unspecified atom stereocenters. The number of halogens is 4. The highest BCUT2D eigenvalue weighted by atomic mass is 35.5. The summed E-state index contributed by atoms with van der Waals surface area (Å²) in [5, 5.41) is 6.77. The Bertz CT molecular complexity index is 1360. The molecule has 218 valence electrons. The van der Waals surface area contributed by atoms with Crippen LogP contribution in [0.3, 0.4) is 0 Å². The molecule has 1 amide bonds. The first-order valence-electron chi connectivity index (χ1n) is 14.2. The van der Waals surface area contributed by atoms with Crippen molar-refractivity contribution in [2.45, 2.75) is 64.0 Å².